The Labute approximate surface area is 131 Å². The Morgan fingerprint density at radius 2 is 2.20 bits per heavy atom. The topological polar surface area (TPSA) is 86.7 Å². The van der Waals surface area contributed by atoms with E-state index in [4.69, 9.17) is 5.11 Å². The van der Waals surface area contributed by atoms with Gasteiger partial charge >= 0.3 is 5.97 Å². The minimum atomic E-state index is -3.68. The van der Waals surface area contributed by atoms with Gasteiger partial charge in [-0.2, -0.15) is 0 Å². The molecule has 1 atom stereocenters. The number of aromatic carboxylic acids is 1. The van der Waals surface area contributed by atoms with Crippen molar-refractivity contribution in [3.8, 4) is 0 Å². The third-order valence-electron chi connectivity index (χ3n) is 3.19. The summed E-state index contributed by atoms with van der Waals surface area (Å²) >= 11 is 1.87. The number of likely N-dealkylation sites (N-methyl/N-ethyl adjacent to an activating group) is 1. The Bertz CT molecular complexity index is 632. The van der Waals surface area contributed by atoms with Crippen molar-refractivity contribution in [1.82, 2.24) is 9.62 Å². The Balaban J connectivity index is 2.25. The van der Waals surface area contributed by atoms with E-state index in [1.165, 1.54) is 18.2 Å². The molecule has 1 heterocycles. The van der Waals surface area contributed by atoms with Crippen molar-refractivity contribution in [2.75, 3.05) is 20.1 Å². The number of benzene rings is 1. The predicted octanol–water partition coefficient (Wildman–Crippen LogP) is 0.972. The minimum Gasteiger partial charge on any atom is -0.478 e. The lowest BCUT2D eigenvalue weighted by Gasteiger charge is -2.14. The van der Waals surface area contributed by atoms with Crippen LogP contribution in [0.5, 0.6) is 0 Å². The lowest BCUT2D eigenvalue weighted by molar-refractivity contribution is 0.0695. The van der Waals surface area contributed by atoms with Gasteiger partial charge in [0.1, 0.15) is 0 Å². The fraction of sp³-hybridized carbons (Fsp3) is 0.417. The molecular weight excluding hydrogens is 395 g/mol. The molecule has 0 bridgehead atoms. The predicted molar refractivity (Wildman–Crippen MR) is 82.3 cm³/mol. The Morgan fingerprint density at radius 3 is 2.75 bits per heavy atom. The lowest BCUT2D eigenvalue weighted by atomic mass is 10.2. The molecule has 1 aliphatic heterocycles. The van der Waals surface area contributed by atoms with Gasteiger partial charge in [0.25, 0.3) is 0 Å². The summed E-state index contributed by atoms with van der Waals surface area (Å²) in [4.78, 5) is 13.1. The summed E-state index contributed by atoms with van der Waals surface area (Å²) in [5.41, 5.74) is -0.00276. The highest BCUT2D eigenvalue weighted by Gasteiger charge is 2.26. The van der Waals surface area contributed by atoms with E-state index < -0.39 is 16.0 Å². The van der Waals surface area contributed by atoms with Crippen LogP contribution in [0, 0.1) is 3.57 Å². The van der Waals surface area contributed by atoms with E-state index in [0.717, 1.165) is 13.0 Å². The number of likely N-dealkylation sites (tertiary alicyclic amines) is 1. The minimum absolute atomic E-state index is 0.00276. The van der Waals surface area contributed by atoms with Crippen molar-refractivity contribution in [1.29, 1.82) is 0 Å². The maximum atomic E-state index is 12.3. The van der Waals surface area contributed by atoms with Crippen molar-refractivity contribution >= 4 is 38.6 Å². The second kappa shape index (κ2) is 5.96. The largest absolute Gasteiger partial charge is 0.478 e. The van der Waals surface area contributed by atoms with Crippen LogP contribution in [0.4, 0.5) is 0 Å². The average Bonchev–Trinajstić information content (AvgIpc) is 2.73. The zero-order valence-electron chi connectivity index (χ0n) is 10.8. The highest BCUT2D eigenvalue weighted by molar-refractivity contribution is 14.1. The van der Waals surface area contributed by atoms with E-state index in [1.54, 1.807) is 0 Å². The Hall–Kier alpha value is -0.710. The van der Waals surface area contributed by atoms with Gasteiger partial charge in [-0.05, 0) is 60.8 Å². The normalized spacial score (nSPS) is 20.2. The summed E-state index contributed by atoms with van der Waals surface area (Å²) in [6.45, 7) is 1.51. The number of nitrogens with one attached hydrogen (secondary N) is 1. The van der Waals surface area contributed by atoms with Gasteiger partial charge < -0.3 is 10.0 Å². The molecule has 0 aliphatic carbocycles. The number of rotatable bonds is 4. The molecule has 0 aromatic heterocycles. The number of sulfonamides is 1. The molecule has 20 heavy (non-hydrogen) atoms. The molecule has 1 saturated heterocycles. The molecule has 0 saturated carbocycles. The molecule has 8 heteroatoms. The molecule has 0 spiro atoms. The molecule has 0 amide bonds. The molecular formula is C12H15IN2O4S. The standard InChI is InChI=1S/C12H15IN2O4S/c1-15-5-4-8(7-15)14-20(18,19)9-2-3-11(13)10(6-9)12(16)17/h2-3,6,8,14H,4-5,7H2,1H3,(H,16,17). The molecule has 1 aromatic carbocycles. The van der Waals surface area contributed by atoms with Crippen LogP contribution in [0.25, 0.3) is 0 Å². The van der Waals surface area contributed by atoms with Gasteiger partial charge in [-0.15, -0.1) is 0 Å². The molecule has 110 valence electrons. The fourth-order valence-corrected chi connectivity index (χ4v) is 4.01. The van der Waals surface area contributed by atoms with Crippen LogP contribution in [0.2, 0.25) is 0 Å². The number of halogens is 1. The first-order valence-electron chi connectivity index (χ1n) is 6.03. The van der Waals surface area contributed by atoms with E-state index in [-0.39, 0.29) is 16.5 Å². The second-order valence-electron chi connectivity index (χ2n) is 4.82. The molecule has 2 N–H and O–H groups in total. The Kier molecular flexibility index (Phi) is 4.67. The van der Waals surface area contributed by atoms with Crippen molar-refractivity contribution in [2.24, 2.45) is 0 Å². The first-order chi connectivity index (χ1) is 9.29. The van der Waals surface area contributed by atoms with Gasteiger partial charge in [-0.25, -0.2) is 17.9 Å². The van der Waals surface area contributed by atoms with E-state index >= 15 is 0 Å². The zero-order chi connectivity index (χ0) is 14.9. The number of hydrogen-bond donors (Lipinski definition) is 2. The third-order valence-corrected chi connectivity index (χ3v) is 5.65. The van der Waals surface area contributed by atoms with E-state index in [0.29, 0.717) is 10.1 Å². The fourth-order valence-electron chi connectivity index (χ4n) is 2.15. The lowest BCUT2D eigenvalue weighted by Crippen LogP contribution is -2.36. The van der Waals surface area contributed by atoms with Crippen LogP contribution in [-0.4, -0.2) is 50.6 Å². The van der Waals surface area contributed by atoms with E-state index in [9.17, 15) is 13.2 Å². The van der Waals surface area contributed by atoms with Gasteiger partial charge in [-0.1, -0.05) is 0 Å². The summed E-state index contributed by atoms with van der Waals surface area (Å²) in [6.07, 6.45) is 0.756. The summed E-state index contributed by atoms with van der Waals surface area (Å²) in [5, 5.41) is 9.05. The maximum Gasteiger partial charge on any atom is 0.336 e. The van der Waals surface area contributed by atoms with Gasteiger partial charge in [0.2, 0.25) is 10.0 Å². The van der Waals surface area contributed by atoms with Gasteiger partial charge in [0.05, 0.1) is 10.5 Å². The number of carbonyl (C=O) groups is 1. The summed E-state index contributed by atoms with van der Waals surface area (Å²) in [6, 6.07) is 4.00. The van der Waals surface area contributed by atoms with E-state index in [1.807, 2.05) is 34.5 Å². The number of nitrogens with zero attached hydrogens (tertiary/aromatic N) is 1. The van der Waals surface area contributed by atoms with Crippen molar-refractivity contribution in [3.63, 3.8) is 0 Å². The zero-order valence-corrected chi connectivity index (χ0v) is 13.8. The van der Waals surface area contributed by atoms with Crippen LogP contribution < -0.4 is 4.72 Å². The van der Waals surface area contributed by atoms with Crippen molar-refractivity contribution in [2.45, 2.75) is 17.4 Å². The smallest absolute Gasteiger partial charge is 0.336 e. The average molecular weight is 410 g/mol. The summed E-state index contributed by atoms with van der Waals surface area (Å²) in [7, 11) is -1.75. The number of carboxylic acid groups (broad SMARTS) is 1. The number of hydrogen-bond acceptors (Lipinski definition) is 4. The summed E-state index contributed by atoms with van der Waals surface area (Å²) < 4.78 is 27.6. The third kappa shape index (κ3) is 3.48. The Morgan fingerprint density at radius 1 is 1.50 bits per heavy atom. The van der Waals surface area contributed by atoms with Gasteiger partial charge in [0.15, 0.2) is 0 Å². The molecule has 1 fully saturated rings. The number of carboxylic acids is 1. The van der Waals surface area contributed by atoms with E-state index in [2.05, 4.69) is 4.72 Å². The van der Waals surface area contributed by atoms with Crippen LogP contribution in [0.1, 0.15) is 16.8 Å². The molecule has 6 nitrogen and oxygen atoms in total. The molecule has 1 aromatic rings. The molecule has 0 radical (unpaired) electrons. The monoisotopic (exact) mass is 410 g/mol. The second-order valence-corrected chi connectivity index (χ2v) is 7.69. The quantitative estimate of drug-likeness (QED) is 0.723. The van der Waals surface area contributed by atoms with Crippen LogP contribution in [0.15, 0.2) is 23.1 Å². The van der Waals surface area contributed by atoms with Gasteiger partial charge in [0, 0.05) is 16.2 Å². The molecule has 1 aliphatic rings. The van der Waals surface area contributed by atoms with Crippen LogP contribution in [0.3, 0.4) is 0 Å². The highest BCUT2D eigenvalue weighted by atomic mass is 127. The highest BCUT2D eigenvalue weighted by Crippen LogP contribution is 2.19. The first kappa shape index (κ1) is 15.7. The van der Waals surface area contributed by atoms with Crippen LogP contribution >= 0.6 is 22.6 Å². The van der Waals surface area contributed by atoms with Gasteiger partial charge in [-0.3, -0.25) is 0 Å². The SMILES string of the molecule is CN1CCC(NS(=O)(=O)c2ccc(I)c(C(=O)O)c2)C1. The van der Waals surface area contributed by atoms with Crippen molar-refractivity contribution in [3.05, 3.63) is 27.3 Å². The first-order valence-corrected chi connectivity index (χ1v) is 8.59. The molecule has 1 unspecified atom stereocenters. The van der Waals surface area contributed by atoms with Crippen LogP contribution in [-0.2, 0) is 10.0 Å². The molecule has 2 rings (SSSR count). The van der Waals surface area contributed by atoms with Crippen molar-refractivity contribution < 1.29 is 18.3 Å². The maximum absolute atomic E-state index is 12.3. The summed E-state index contributed by atoms with van der Waals surface area (Å²) in [5.74, 6) is -1.13.